The Morgan fingerprint density at radius 3 is 1.53 bits per heavy atom. The Bertz CT molecular complexity index is 1860. The van der Waals surface area contributed by atoms with E-state index in [2.05, 4.69) is 0 Å². The Morgan fingerprint density at radius 1 is 0.578 bits per heavy atom. The smallest absolute Gasteiger partial charge is 0.460 e. The molecule has 45 heavy (non-hydrogen) atoms. The molecule has 0 fully saturated rings. The summed E-state index contributed by atoms with van der Waals surface area (Å²) in [5.74, 6) is -16.6. The number of phenolic OH excluding ortho intramolecular Hbond substituents is 1. The number of aromatic hydroxyl groups is 1. The van der Waals surface area contributed by atoms with Crippen LogP contribution in [-0.4, -0.2) is 42.6 Å². The van der Waals surface area contributed by atoms with Gasteiger partial charge in [-0.2, -0.15) is 47.9 Å². The normalized spacial score (nSPS) is 14.6. The Hall–Kier alpha value is -4.02. The molecule has 1 aliphatic carbocycles. The molecule has 0 radical (unpaired) electrons. The Balaban J connectivity index is 1.84. The summed E-state index contributed by atoms with van der Waals surface area (Å²) in [5, 5.41) is 4.03. The lowest BCUT2D eigenvalue weighted by atomic mass is 10.1. The number of benzene rings is 4. The van der Waals surface area contributed by atoms with Crippen molar-refractivity contribution in [1.29, 1.82) is 0 Å². The van der Waals surface area contributed by atoms with Crippen molar-refractivity contribution in [2.75, 3.05) is 0 Å². The zero-order valence-corrected chi connectivity index (χ0v) is 23.7. The number of hydrogen-bond acceptors (Lipinski definition) is 5. The third-order valence-electron chi connectivity index (χ3n) is 6.89. The molecule has 0 saturated carbocycles. The average molecular weight is 681 g/mol. The summed E-state index contributed by atoms with van der Waals surface area (Å²) in [4.78, 5) is 11.6. The lowest BCUT2D eigenvalue weighted by molar-refractivity contribution is -0.382. The third kappa shape index (κ3) is 4.68. The number of alkyl halides is 9. The molecule has 16 heteroatoms. The van der Waals surface area contributed by atoms with Gasteiger partial charge in [-0.05, 0) is 57.8 Å². The molecule has 5 nitrogen and oxygen atoms in total. The van der Waals surface area contributed by atoms with Gasteiger partial charge < -0.3 is 5.11 Å². The molecule has 0 aliphatic heterocycles. The van der Waals surface area contributed by atoms with E-state index in [-0.39, 0.29) is 32.0 Å². The molecule has 0 heterocycles. The third-order valence-corrected chi connectivity index (χ3v) is 12.1. The zero-order chi connectivity index (χ0) is 33.2. The van der Waals surface area contributed by atoms with Gasteiger partial charge in [-0.1, -0.05) is 60.7 Å². The fourth-order valence-electron chi connectivity index (χ4n) is 4.69. The van der Waals surface area contributed by atoms with E-state index in [1.165, 1.54) is 60.7 Å². The van der Waals surface area contributed by atoms with E-state index in [1.807, 2.05) is 0 Å². The summed E-state index contributed by atoms with van der Waals surface area (Å²) < 4.78 is 156. The molecular weight excluding hydrogens is 663 g/mol. The summed E-state index contributed by atoms with van der Waals surface area (Å²) in [5.41, 5.74) is 0.307. The van der Waals surface area contributed by atoms with Crippen LogP contribution in [0.15, 0.2) is 112 Å². The average Bonchev–Trinajstić information content (AvgIpc) is 3.26. The molecule has 0 amide bonds. The molecule has 4 aromatic carbocycles. The minimum atomic E-state index is -7.57. The van der Waals surface area contributed by atoms with E-state index in [4.69, 9.17) is 3.63 Å². The van der Waals surface area contributed by atoms with Crippen LogP contribution in [0.4, 0.5) is 39.5 Å². The fourth-order valence-corrected chi connectivity index (χ4v) is 9.97. The van der Waals surface area contributed by atoms with Gasteiger partial charge in [0.1, 0.15) is 5.75 Å². The molecule has 1 N–H and O–H groups in total. The predicted octanol–water partition coefficient (Wildman–Crippen LogP) is 8.57. The van der Waals surface area contributed by atoms with Crippen molar-refractivity contribution in [2.45, 2.75) is 38.0 Å². The van der Waals surface area contributed by atoms with E-state index >= 15 is 8.78 Å². The van der Waals surface area contributed by atoms with Crippen molar-refractivity contribution < 1.29 is 61.5 Å². The molecule has 0 aromatic heterocycles. The highest BCUT2D eigenvalue weighted by molar-refractivity contribution is 8.33. The van der Waals surface area contributed by atoms with Gasteiger partial charge in [0.05, 0.1) is 4.90 Å². The molecule has 0 atom stereocenters. The van der Waals surface area contributed by atoms with Crippen molar-refractivity contribution in [3.63, 3.8) is 0 Å². The molecule has 238 valence electrons. The standard InChI is InChI=1S/C29H17F9O5S2/c30-26(31,28(34,35)36)27(32,33)29(37,38)45(41,42)43-44(17-9-3-1-4-10-17,18-11-5-2-6-12-18)24-16-21-19-13-7-8-14-20(19)25(40)22(21)15-23(24)39/h1-16,39H. The molecule has 5 rings (SSSR count). The van der Waals surface area contributed by atoms with Gasteiger partial charge >= 0.3 is 33.4 Å². The molecule has 0 unspecified atom stereocenters. The van der Waals surface area contributed by atoms with Crippen LogP contribution in [-0.2, 0) is 13.7 Å². The zero-order valence-electron chi connectivity index (χ0n) is 22.0. The van der Waals surface area contributed by atoms with Crippen LogP contribution in [0.3, 0.4) is 0 Å². The molecule has 4 aromatic rings. The maximum Gasteiger partial charge on any atom is 0.460 e. The molecule has 1 aliphatic rings. The first kappa shape index (κ1) is 32.4. The maximum absolute atomic E-state index is 15.1. The van der Waals surface area contributed by atoms with Crippen molar-refractivity contribution in [3.8, 4) is 16.9 Å². The highest BCUT2D eigenvalue weighted by Gasteiger charge is 2.86. The first-order valence-corrected chi connectivity index (χ1v) is 15.4. The molecule has 0 spiro atoms. The minimum absolute atomic E-state index is 0.0360. The van der Waals surface area contributed by atoms with Gasteiger partial charge in [0.25, 0.3) is 0 Å². The van der Waals surface area contributed by atoms with Gasteiger partial charge in [-0.15, -0.1) is 0 Å². The lowest BCUT2D eigenvalue weighted by Gasteiger charge is -2.41. The van der Waals surface area contributed by atoms with Crippen LogP contribution in [0.2, 0.25) is 0 Å². The summed E-state index contributed by atoms with van der Waals surface area (Å²) >= 11 is 0. The number of carbonyl (C=O) groups is 1. The largest absolute Gasteiger partial charge is 0.507 e. The SMILES string of the molecule is O=C1c2ccccc2-c2cc(S(OS(=O)(=O)C(F)(F)C(F)(F)C(F)(F)C(F)(F)F)(c3ccccc3)c3ccccc3)c(O)cc21. The molecule has 0 bridgehead atoms. The van der Waals surface area contributed by atoms with Gasteiger partial charge in [-0.25, -0.2) is 3.63 Å². The van der Waals surface area contributed by atoms with E-state index in [1.54, 1.807) is 0 Å². The van der Waals surface area contributed by atoms with Gasteiger partial charge in [0.2, 0.25) is 0 Å². The fraction of sp³-hybridized carbons (Fsp3) is 0.138. The summed E-state index contributed by atoms with van der Waals surface area (Å²) in [6.07, 6.45) is -7.30. The minimum Gasteiger partial charge on any atom is -0.507 e. The van der Waals surface area contributed by atoms with Crippen molar-refractivity contribution >= 4 is 26.2 Å². The molecule has 0 saturated heterocycles. The van der Waals surface area contributed by atoms with Crippen LogP contribution >= 0.6 is 10.3 Å². The van der Waals surface area contributed by atoms with Crippen LogP contribution < -0.4 is 0 Å². The summed E-state index contributed by atoms with van der Waals surface area (Å²) in [6, 6.07) is 19.8. The summed E-state index contributed by atoms with van der Waals surface area (Å²) in [6.45, 7) is 0. The van der Waals surface area contributed by atoms with E-state index in [9.17, 15) is 49.1 Å². The van der Waals surface area contributed by atoms with Crippen molar-refractivity contribution in [2.24, 2.45) is 0 Å². The quantitative estimate of drug-likeness (QED) is 0.166. The Morgan fingerprint density at radius 2 is 1.04 bits per heavy atom. The maximum atomic E-state index is 15.1. The number of carbonyl (C=O) groups excluding carboxylic acids is 1. The second-order valence-electron chi connectivity index (χ2n) is 9.61. The van der Waals surface area contributed by atoms with E-state index in [0.717, 1.165) is 36.4 Å². The van der Waals surface area contributed by atoms with Crippen LogP contribution in [0.1, 0.15) is 15.9 Å². The van der Waals surface area contributed by atoms with Gasteiger partial charge in [0, 0.05) is 20.9 Å². The number of rotatable bonds is 8. The van der Waals surface area contributed by atoms with Gasteiger partial charge in [0.15, 0.2) is 5.78 Å². The topological polar surface area (TPSA) is 80.7 Å². The highest BCUT2D eigenvalue weighted by atomic mass is 32.3. The van der Waals surface area contributed by atoms with Crippen LogP contribution in [0.5, 0.6) is 5.75 Å². The van der Waals surface area contributed by atoms with Crippen LogP contribution in [0, 0.1) is 0 Å². The first-order chi connectivity index (χ1) is 20.8. The number of hydrogen-bond donors (Lipinski definition) is 1. The van der Waals surface area contributed by atoms with E-state index < -0.39 is 60.1 Å². The van der Waals surface area contributed by atoms with Crippen LogP contribution in [0.25, 0.3) is 11.1 Å². The van der Waals surface area contributed by atoms with Gasteiger partial charge in [-0.3, -0.25) is 4.79 Å². The number of phenols is 1. The van der Waals surface area contributed by atoms with Crippen molar-refractivity contribution in [3.05, 3.63) is 108 Å². The second kappa shape index (κ2) is 10.5. The van der Waals surface area contributed by atoms with E-state index in [0.29, 0.717) is 0 Å². The summed E-state index contributed by atoms with van der Waals surface area (Å²) in [7, 11) is -11.9. The number of halogens is 9. The first-order valence-electron chi connectivity index (χ1n) is 12.4. The lowest BCUT2D eigenvalue weighted by Crippen LogP contribution is -2.63. The number of fused-ring (bicyclic) bond motifs is 3. The highest BCUT2D eigenvalue weighted by Crippen LogP contribution is 2.73. The van der Waals surface area contributed by atoms with Crippen molar-refractivity contribution in [1.82, 2.24) is 0 Å². The predicted molar refractivity (Wildman–Crippen MR) is 143 cm³/mol. The Labute approximate surface area is 250 Å². The monoisotopic (exact) mass is 680 g/mol. The number of ketones is 1. The second-order valence-corrected chi connectivity index (χ2v) is 14.1. The molecular formula is C29H17F9O5S2. The Kier molecular flexibility index (Phi) is 7.57.